The number of benzene rings is 1. The van der Waals surface area contributed by atoms with Crippen molar-refractivity contribution in [3.05, 3.63) is 28.3 Å². The summed E-state index contributed by atoms with van der Waals surface area (Å²) in [5, 5.41) is 10.4. The molecule has 0 radical (unpaired) electrons. The summed E-state index contributed by atoms with van der Waals surface area (Å²) < 4.78 is 10.0. The highest BCUT2D eigenvalue weighted by Gasteiger charge is 2.26. The molecule has 0 saturated carbocycles. The summed E-state index contributed by atoms with van der Waals surface area (Å²) in [7, 11) is -1.47. The first-order chi connectivity index (χ1) is 6.16. The minimum absolute atomic E-state index is 0.0377. The number of halogens is 1. The fraction of sp³-hybridized carbons (Fsp3) is 0. The van der Waals surface area contributed by atoms with Crippen LogP contribution in [0.1, 0.15) is 0 Å². The fourth-order valence-electron chi connectivity index (χ4n) is 0.930. The van der Waals surface area contributed by atoms with Gasteiger partial charge in [0.2, 0.25) is 0 Å². The molecule has 1 aliphatic heterocycles. The van der Waals surface area contributed by atoms with Gasteiger partial charge in [-0.2, -0.15) is 0 Å². The highest BCUT2D eigenvalue weighted by atomic mass is 35.7. The molecule has 1 aromatic carbocycles. The Hall–Kier alpha value is -1.06. The second kappa shape index (κ2) is 3.01. The Kier molecular flexibility index (Phi) is 1.98. The van der Waals surface area contributed by atoms with E-state index < -0.39 is 12.7 Å². The van der Waals surface area contributed by atoms with Gasteiger partial charge in [0.15, 0.2) is 11.5 Å². The number of non-ortho nitro benzene ring substituents is 1. The number of rotatable bonds is 1. The van der Waals surface area contributed by atoms with Crippen molar-refractivity contribution in [2.24, 2.45) is 0 Å². The average Bonchev–Trinajstić information content (AvgIpc) is 2.42. The number of hydrogen-bond donors (Lipinski definition) is 0. The summed E-state index contributed by atoms with van der Waals surface area (Å²) >= 11 is 5.56. The predicted molar refractivity (Wildman–Crippen MR) is 47.1 cm³/mol. The lowest BCUT2D eigenvalue weighted by Crippen LogP contribution is -1.86. The largest absolute Gasteiger partial charge is 0.423 e. The molecule has 0 N–H and O–H groups in total. The SMILES string of the molecule is O=[N+]([O-])c1ccc2c(c1)OP(Cl)O2. The van der Waals surface area contributed by atoms with E-state index in [-0.39, 0.29) is 5.69 Å². The zero-order chi connectivity index (χ0) is 9.42. The van der Waals surface area contributed by atoms with Crippen LogP contribution in [-0.2, 0) is 0 Å². The molecule has 7 heteroatoms. The molecular formula is C6H3ClNO4P. The van der Waals surface area contributed by atoms with Gasteiger partial charge in [0, 0.05) is 6.07 Å². The van der Waals surface area contributed by atoms with E-state index in [0.29, 0.717) is 11.5 Å². The van der Waals surface area contributed by atoms with Gasteiger partial charge in [-0.1, -0.05) is 0 Å². The maximum Gasteiger partial charge on any atom is 0.401 e. The minimum atomic E-state index is -1.47. The lowest BCUT2D eigenvalue weighted by Gasteiger charge is -1.93. The third-order valence-corrected chi connectivity index (χ3v) is 2.57. The van der Waals surface area contributed by atoms with Crippen LogP contribution in [0.25, 0.3) is 0 Å². The normalized spacial score (nSPS) is 18.7. The van der Waals surface area contributed by atoms with Crippen molar-refractivity contribution in [2.45, 2.75) is 0 Å². The van der Waals surface area contributed by atoms with Crippen molar-refractivity contribution in [3.8, 4) is 11.5 Å². The van der Waals surface area contributed by atoms with Crippen LogP contribution in [0.2, 0.25) is 0 Å². The van der Waals surface area contributed by atoms with E-state index in [1.807, 2.05) is 0 Å². The van der Waals surface area contributed by atoms with Gasteiger partial charge in [-0.05, 0) is 17.3 Å². The summed E-state index contributed by atoms with van der Waals surface area (Å²) in [4.78, 5) is 9.86. The molecule has 13 heavy (non-hydrogen) atoms. The lowest BCUT2D eigenvalue weighted by atomic mass is 10.3. The second-order valence-electron chi connectivity index (χ2n) is 2.28. The number of nitro benzene ring substituents is 1. The molecule has 1 heterocycles. The molecule has 1 atom stereocenters. The smallest absolute Gasteiger partial charge is 0.401 e. The van der Waals surface area contributed by atoms with Crippen LogP contribution in [0.5, 0.6) is 11.5 Å². The van der Waals surface area contributed by atoms with Crippen molar-refractivity contribution >= 4 is 24.7 Å². The van der Waals surface area contributed by atoms with Crippen LogP contribution in [0.3, 0.4) is 0 Å². The Morgan fingerprint density at radius 2 is 2.08 bits per heavy atom. The summed E-state index contributed by atoms with van der Waals surface area (Å²) in [5.41, 5.74) is -0.0377. The quantitative estimate of drug-likeness (QED) is 0.414. The fourth-order valence-corrected chi connectivity index (χ4v) is 2.02. The lowest BCUT2D eigenvalue weighted by molar-refractivity contribution is -0.384. The molecule has 1 unspecified atom stereocenters. The van der Waals surface area contributed by atoms with Crippen molar-refractivity contribution < 1.29 is 14.0 Å². The zero-order valence-corrected chi connectivity index (χ0v) is 7.79. The highest BCUT2D eigenvalue weighted by Crippen LogP contribution is 2.55. The van der Waals surface area contributed by atoms with Crippen molar-refractivity contribution in [1.82, 2.24) is 0 Å². The zero-order valence-electron chi connectivity index (χ0n) is 6.14. The predicted octanol–water partition coefficient (Wildman–Crippen LogP) is 2.83. The van der Waals surface area contributed by atoms with Gasteiger partial charge < -0.3 is 9.05 Å². The van der Waals surface area contributed by atoms with E-state index in [4.69, 9.17) is 20.3 Å². The Morgan fingerprint density at radius 3 is 2.77 bits per heavy atom. The van der Waals surface area contributed by atoms with Crippen LogP contribution in [0.15, 0.2) is 18.2 Å². The topological polar surface area (TPSA) is 61.6 Å². The first-order valence-electron chi connectivity index (χ1n) is 3.27. The average molecular weight is 220 g/mol. The van der Waals surface area contributed by atoms with Gasteiger partial charge in [0.05, 0.1) is 11.0 Å². The Balaban J connectivity index is 2.40. The van der Waals surface area contributed by atoms with Crippen LogP contribution in [0.4, 0.5) is 5.69 Å². The molecule has 1 aliphatic rings. The van der Waals surface area contributed by atoms with E-state index >= 15 is 0 Å². The number of fused-ring (bicyclic) bond motifs is 1. The minimum Gasteiger partial charge on any atom is -0.423 e. The molecule has 5 nitrogen and oxygen atoms in total. The van der Waals surface area contributed by atoms with Crippen molar-refractivity contribution in [2.75, 3.05) is 0 Å². The molecule has 0 fully saturated rings. The van der Waals surface area contributed by atoms with Crippen LogP contribution < -0.4 is 9.05 Å². The molecule has 68 valence electrons. The van der Waals surface area contributed by atoms with Gasteiger partial charge in [-0.25, -0.2) is 0 Å². The Labute approximate surface area is 79.1 Å². The van der Waals surface area contributed by atoms with Crippen molar-refractivity contribution in [1.29, 1.82) is 0 Å². The highest BCUT2D eigenvalue weighted by molar-refractivity contribution is 7.76. The first-order valence-corrected chi connectivity index (χ1v) is 5.35. The standard InChI is InChI=1S/C6H3ClNO4P/c7-13-11-5-2-1-4(8(9)10)3-6(5)12-13/h1-3H. The van der Waals surface area contributed by atoms with E-state index in [0.717, 1.165) is 0 Å². The Morgan fingerprint density at radius 1 is 1.38 bits per heavy atom. The summed E-state index contributed by atoms with van der Waals surface area (Å²) in [6.45, 7) is 0. The third kappa shape index (κ3) is 1.53. The maximum absolute atomic E-state index is 10.4. The molecule has 1 aromatic rings. The Bertz CT molecular complexity index is 372. The second-order valence-corrected chi connectivity index (χ2v) is 3.90. The maximum atomic E-state index is 10.4. The monoisotopic (exact) mass is 219 g/mol. The van der Waals surface area contributed by atoms with Crippen LogP contribution in [0, 0.1) is 10.1 Å². The van der Waals surface area contributed by atoms with E-state index in [1.54, 1.807) is 0 Å². The molecule has 0 aliphatic carbocycles. The molecule has 0 bridgehead atoms. The first kappa shape index (κ1) is 8.53. The number of nitrogens with zero attached hydrogens (tertiary/aromatic N) is 1. The molecule has 0 saturated heterocycles. The number of hydrogen-bond acceptors (Lipinski definition) is 4. The third-order valence-electron chi connectivity index (χ3n) is 1.48. The number of nitro groups is 1. The van der Waals surface area contributed by atoms with Crippen LogP contribution in [-0.4, -0.2) is 4.92 Å². The van der Waals surface area contributed by atoms with Gasteiger partial charge >= 0.3 is 7.73 Å². The summed E-state index contributed by atoms with van der Waals surface area (Å²) in [6, 6.07) is 4.10. The van der Waals surface area contributed by atoms with E-state index in [1.165, 1.54) is 18.2 Å². The van der Waals surface area contributed by atoms with Gasteiger partial charge in [0.25, 0.3) is 5.69 Å². The molecule has 2 rings (SSSR count). The van der Waals surface area contributed by atoms with E-state index in [9.17, 15) is 10.1 Å². The van der Waals surface area contributed by atoms with E-state index in [2.05, 4.69) is 0 Å². The van der Waals surface area contributed by atoms with Crippen LogP contribution >= 0.6 is 19.0 Å². The molecule has 0 aromatic heterocycles. The summed E-state index contributed by atoms with van der Waals surface area (Å²) in [5.74, 6) is 0.780. The van der Waals surface area contributed by atoms with Crippen molar-refractivity contribution in [3.63, 3.8) is 0 Å². The van der Waals surface area contributed by atoms with Gasteiger partial charge in [0.1, 0.15) is 0 Å². The molecule has 0 amide bonds. The summed E-state index contributed by atoms with van der Waals surface area (Å²) in [6.07, 6.45) is 0. The molecular weight excluding hydrogens is 216 g/mol. The molecule has 0 spiro atoms. The van der Waals surface area contributed by atoms with Gasteiger partial charge in [-0.3, -0.25) is 10.1 Å². The van der Waals surface area contributed by atoms with Gasteiger partial charge in [-0.15, -0.1) is 0 Å².